The molecule has 3 aliphatic rings. The van der Waals surface area contributed by atoms with E-state index < -0.39 is 18.4 Å². The van der Waals surface area contributed by atoms with E-state index in [1.54, 1.807) is 29.0 Å². The minimum atomic E-state index is -2.76. The highest BCUT2D eigenvalue weighted by Crippen LogP contribution is 2.43. The number of carbonyl (C=O) groups excluding carboxylic acids is 1. The van der Waals surface area contributed by atoms with E-state index in [1.807, 2.05) is 36.4 Å². The number of carboxylic acid groups (broad SMARTS) is 1. The lowest BCUT2D eigenvalue weighted by molar-refractivity contribution is -0.142. The quantitative estimate of drug-likeness (QED) is 0.146. The van der Waals surface area contributed by atoms with Crippen molar-refractivity contribution in [2.75, 3.05) is 23.7 Å². The minimum absolute atomic E-state index is 0.140. The molecule has 1 aliphatic heterocycles. The van der Waals surface area contributed by atoms with Crippen LogP contribution in [0.2, 0.25) is 0 Å². The van der Waals surface area contributed by atoms with E-state index in [9.17, 15) is 23.5 Å². The Hall–Kier alpha value is -5.44. The summed E-state index contributed by atoms with van der Waals surface area (Å²) in [5, 5.41) is 26.2. The lowest BCUT2D eigenvalue weighted by Gasteiger charge is -2.26. The second-order valence-corrected chi connectivity index (χ2v) is 18.3. The van der Waals surface area contributed by atoms with Crippen LogP contribution in [-0.4, -0.2) is 80.0 Å². The van der Waals surface area contributed by atoms with Crippen LogP contribution in [0.4, 0.5) is 31.8 Å². The number of aryl methyl sites for hydroxylation is 2. The van der Waals surface area contributed by atoms with Gasteiger partial charge in [-0.25, -0.2) is 28.7 Å². The number of thiophene rings is 2. The van der Waals surface area contributed by atoms with Gasteiger partial charge >= 0.3 is 5.97 Å². The highest BCUT2D eigenvalue weighted by molar-refractivity contribution is 7.19. The molecule has 1 saturated heterocycles. The molecule has 1 amide bonds. The standard InChI is InChI=1S/C21H18F2N6OS2.C17H13N5O2S2/c22-21(23)5-6-29(9-21)20(30)11-1-3-13-15(7-11)31-19-17(13)18(24-10-25-19)26-12-2-4-14-16(8-12)32-28-27-14;23-17(24)8-1-3-10-12(5-8)25-16-14(10)15(18-7-19-16)20-9-2-4-11-13(6-9)26-22-21-11/h2,4,8,10-11H,1,3,5-7,9H2,(H,24,25,26);2,4,6-8H,1,3,5H2,(H,23,24)(H,18,19,20)/t11-;8-/m00/s1. The molecule has 294 valence electrons. The summed E-state index contributed by atoms with van der Waals surface area (Å²) in [6, 6.07) is 11.7. The molecule has 3 N–H and O–H groups in total. The topological polar surface area (TPSA) is 185 Å². The maximum absolute atomic E-state index is 13.6. The summed E-state index contributed by atoms with van der Waals surface area (Å²) in [6.45, 7) is -0.318. The molecular weight excluding hydrogens is 825 g/mol. The van der Waals surface area contributed by atoms with E-state index in [1.165, 1.54) is 39.9 Å². The molecular formula is C38H31F2N11O3S4. The molecule has 20 heteroatoms. The van der Waals surface area contributed by atoms with Crippen molar-refractivity contribution >= 4 is 121 Å². The van der Waals surface area contributed by atoms with E-state index in [2.05, 4.69) is 49.7 Å². The van der Waals surface area contributed by atoms with Gasteiger partial charge in [-0.3, -0.25) is 9.59 Å². The van der Waals surface area contributed by atoms with Crippen molar-refractivity contribution in [3.63, 3.8) is 0 Å². The predicted molar refractivity (Wildman–Crippen MR) is 221 cm³/mol. The fourth-order valence-corrected chi connectivity index (χ4v) is 11.7. The summed E-state index contributed by atoms with van der Waals surface area (Å²) in [6.07, 6.45) is 6.73. The zero-order valence-corrected chi connectivity index (χ0v) is 33.6. The number of benzene rings is 2. The first-order valence-corrected chi connectivity index (χ1v) is 21.7. The highest BCUT2D eigenvalue weighted by Gasteiger charge is 2.42. The smallest absolute Gasteiger partial charge is 0.306 e. The maximum atomic E-state index is 13.6. The SMILES string of the molecule is O=C(O)[C@H]1CCc2c(sc3ncnc(Nc4ccc5nnsc5c4)c23)C1.O=C([C@H]1CCc2c(sc3ncnc(Nc4ccc5nnsc5c4)c23)C1)N1CCC(F)(F)C1. The van der Waals surface area contributed by atoms with Crippen LogP contribution in [0.25, 0.3) is 40.9 Å². The lowest BCUT2D eigenvalue weighted by atomic mass is 9.87. The number of rotatable bonds is 6. The molecule has 0 radical (unpaired) electrons. The summed E-state index contributed by atoms with van der Waals surface area (Å²) < 4.78 is 37.1. The summed E-state index contributed by atoms with van der Waals surface area (Å²) in [5.74, 6) is -2.70. The van der Waals surface area contributed by atoms with Crippen molar-refractivity contribution in [3.8, 4) is 0 Å². The monoisotopic (exact) mass is 855 g/mol. The van der Waals surface area contributed by atoms with Gasteiger partial charge in [0.15, 0.2) is 0 Å². The van der Waals surface area contributed by atoms with Gasteiger partial charge in [0.25, 0.3) is 5.92 Å². The van der Waals surface area contributed by atoms with Gasteiger partial charge in [-0.15, -0.1) is 32.9 Å². The number of aliphatic carboxylic acids is 1. The fourth-order valence-electron chi connectivity index (χ4n) is 8.00. The van der Waals surface area contributed by atoms with Crippen LogP contribution in [-0.2, 0) is 35.3 Å². The third kappa shape index (κ3) is 6.96. The molecule has 2 aliphatic carbocycles. The molecule has 0 spiro atoms. The van der Waals surface area contributed by atoms with Crippen LogP contribution in [0.5, 0.6) is 0 Å². The molecule has 0 unspecified atom stereocenters. The lowest BCUT2D eigenvalue weighted by Crippen LogP contribution is -2.38. The number of anilines is 4. The number of halogens is 2. The van der Waals surface area contributed by atoms with Crippen molar-refractivity contribution in [1.29, 1.82) is 0 Å². The first kappa shape index (κ1) is 36.9. The molecule has 11 rings (SSSR count). The van der Waals surface area contributed by atoms with Gasteiger partial charge in [-0.05, 0) is 109 Å². The molecule has 2 aromatic carbocycles. The average Bonchev–Trinajstić information content (AvgIpc) is 4.06. The van der Waals surface area contributed by atoms with Crippen LogP contribution in [0.15, 0.2) is 49.1 Å². The number of aromatic nitrogens is 8. The van der Waals surface area contributed by atoms with E-state index in [-0.39, 0.29) is 30.7 Å². The minimum Gasteiger partial charge on any atom is -0.481 e. The average molecular weight is 856 g/mol. The zero-order valence-electron chi connectivity index (χ0n) is 30.3. The van der Waals surface area contributed by atoms with Crippen LogP contribution in [0.3, 0.4) is 0 Å². The van der Waals surface area contributed by atoms with Gasteiger partial charge in [-0.2, -0.15) is 0 Å². The Bertz CT molecular complexity index is 2890. The Balaban J connectivity index is 0.000000144. The molecule has 8 aromatic rings. The molecule has 0 saturated carbocycles. The van der Waals surface area contributed by atoms with Crippen LogP contribution >= 0.6 is 45.7 Å². The second-order valence-electron chi connectivity index (χ2n) is 14.6. The first-order valence-electron chi connectivity index (χ1n) is 18.5. The maximum Gasteiger partial charge on any atom is 0.306 e. The molecule has 14 nitrogen and oxygen atoms in total. The zero-order chi connectivity index (χ0) is 39.5. The first-order chi connectivity index (χ1) is 28.2. The Morgan fingerprint density at radius 2 is 1.29 bits per heavy atom. The van der Waals surface area contributed by atoms with E-state index in [0.29, 0.717) is 32.1 Å². The van der Waals surface area contributed by atoms with Gasteiger partial charge < -0.3 is 20.6 Å². The number of carboxylic acids is 1. The molecule has 7 heterocycles. The number of nitrogens with one attached hydrogen (secondary N) is 2. The third-order valence-electron chi connectivity index (χ3n) is 10.9. The van der Waals surface area contributed by atoms with Gasteiger partial charge in [-0.1, -0.05) is 8.98 Å². The third-order valence-corrected chi connectivity index (χ3v) is 14.6. The van der Waals surface area contributed by atoms with Crippen molar-refractivity contribution in [3.05, 3.63) is 69.9 Å². The normalized spacial score (nSPS) is 18.6. The van der Waals surface area contributed by atoms with Crippen LogP contribution in [0.1, 0.15) is 40.1 Å². The largest absolute Gasteiger partial charge is 0.481 e. The fraction of sp³-hybridized carbons (Fsp3) is 0.316. The summed E-state index contributed by atoms with van der Waals surface area (Å²) in [4.78, 5) is 47.3. The number of carbonyl (C=O) groups is 2. The van der Waals surface area contributed by atoms with E-state index >= 15 is 0 Å². The molecule has 2 atom stereocenters. The predicted octanol–water partition coefficient (Wildman–Crippen LogP) is 8.04. The van der Waals surface area contributed by atoms with Gasteiger partial charge in [0.05, 0.1) is 32.6 Å². The number of likely N-dealkylation sites (tertiary alicyclic amines) is 1. The molecule has 6 aromatic heterocycles. The van der Waals surface area contributed by atoms with Crippen LogP contribution < -0.4 is 10.6 Å². The van der Waals surface area contributed by atoms with E-state index in [4.69, 9.17) is 0 Å². The van der Waals surface area contributed by atoms with Crippen molar-refractivity contribution < 1.29 is 23.5 Å². The summed E-state index contributed by atoms with van der Waals surface area (Å²) >= 11 is 5.84. The number of amides is 1. The molecule has 0 bridgehead atoms. The summed E-state index contributed by atoms with van der Waals surface area (Å²) in [5.41, 5.74) is 5.88. The number of alkyl halides is 2. The Kier molecular flexibility index (Phi) is 9.37. The van der Waals surface area contributed by atoms with Crippen molar-refractivity contribution in [2.24, 2.45) is 11.8 Å². The Morgan fingerprint density at radius 1 is 0.759 bits per heavy atom. The number of fused-ring (bicyclic) bond motifs is 8. The van der Waals surface area contributed by atoms with Gasteiger partial charge in [0.2, 0.25) is 5.91 Å². The van der Waals surface area contributed by atoms with Crippen molar-refractivity contribution in [2.45, 2.75) is 50.9 Å². The van der Waals surface area contributed by atoms with E-state index in [0.717, 1.165) is 85.6 Å². The Labute approximate surface area is 343 Å². The Morgan fingerprint density at radius 3 is 1.81 bits per heavy atom. The highest BCUT2D eigenvalue weighted by atomic mass is 32.1. The van der Waals surface area contributed by atoms with Gasteiger partial charge in [0.1, 0.15) is 45.0 Å². The van der Waals surface area contributed by atoms with Crippen LogP contribution in [0, 0.1) is 11.8 Å². The second kappa shape index (κ2) is 14.7. The number of hydrogen-bond donors (Lipinski definition) is 3. The van der Waals surface area contributed by atoms with Crippen molar-refractivity contribution in [1.82, 2.24) is 44.0 Å². The molecule has 1 fully saturated rings. The number of hydrogen-bond acceptors (Lipinski definition) is 16. The van der Waals surface area contributed by atoms with Gasteiger partial charge in [0, 0.05) is 40.0 Å². The summed E-state index contributed by atoms with van der Waals surface area (Å²) in [7, 11) is 0. The molecule has 58 heavy (non-hydrogen) atoms. The number of nitrogens with zero attached hydrogens (tertiary/aromatic N) is 9.